The lowest BCUT2D eigenvalue weighted by Crippen LogP contribution is -2.49. The summed E-state index contributed by atoms with van der Waals surface area (Å²) in [6, 6.07) is 20.8. The van der Waals surface area contributed by atoms with Crippen LogP contribution in [-0.4, -0.2) is 24.7 Å². The van der Waals surface area contributed by atoms with Gasteiger partial charge in [0.05, 0.1) is 12.6 Å². The normalized spacial score (nSPS) is 17.6. The number of benzene rings is 3. The fourth-order valence-electron chi connectivity index (χ4n) is 4.94. The minimum atomic E-state index is -0.958. The molecule has 0 saturated carbocycles. The van der Waals surface area contributed by atoms with E-state index >= 15 is 0 Å². The summed E-state index contributed by atoms with van der Waals surface area (Å²) >= 11 is 6.69. The number of carbonyl (C=O) groups is 1. The molecule has 4 nitrogen and oxygen atoms in total. The third-order valence-corrected chi connectivity index (χ3v) is 7.09. The largest absolute Gasteiger partial charge is 0.497 e. The Hall–Kier alpha value is -3.24. The van der Waals surface area contributed by atoms with Crippen molar-refractivity contribution in [1.29, 1.82) is 0 Å². The minimum Gasteiger partial charge on any atom is -0.497 e. The van der Waals surface area contributed by atoms with Crippen LogP contribution in [0.15, 0.2) is 66.7 Å². The van der Waals surface area contributed by atoms with Crippen molar-refractivity contribution in [3.8, 4) is 5.75 Å². The van der Waals surface area contributed by atoms with Crippen LogP contribution < -0.4 is 9.64 Å². The second-order valence-corrected chi connectivity index (χ2v) is 9.22. The Morgan fingerprint density at radius 1 is 1.15 bits per heavy atom. The summed E-state index contributed by atoms with van der Waals surface area (Å²) < 4.78 is 5.49. The van der Waals surface area contributed by atoms with Gasteiger partial charge in [0, 0.05) is 23.3 Å². The molecule has 5 heteroatoms. The van der Waals surface area contributed by atoms with Crippen LogP contribution >= 0.6 is 11.6 Å². The molecule has 0 radical (unpaired) electrons. The first kappa shape index (κ1) is 23.9. The lowest BCUT2D eigenvalue weighted by molar-refractivity contribution is -0.131. The Labute approximate surface area is 206 Å². The summed E-state index contributed by atoms with van der Waals surface area (Å²) in [5.41, 5.74) is 6.28. The lowest BCUT2D eigenvalue weighted by Gasteiger charge is -2.48. The van der Waals surface area contributed by atoms with E-state index in [0.717, 1.165) is 59.5 Å². The maximum absolute atomic E-state index is 10.9. The van der Waals surface area contributed by atoms with Gasteiger partial charge in [0.15, 0.2) is 0 Å². The molecule has 3 aromatic rings. The van der Waals surface area contributed by atoms with E-state index in [4.69, 9.17) is 21.4 Å². The molecule has 0 bridgehead atoms. The number of hydrogen-bond acceptors (Lipinski definition) is 3. The van der Waals surface area contributed by atoms with Crippen molar-refractivity contribution in [2.45, 2.75) is 38.6 Å². The molecule has 34 heavy (non-hydrogen) atoms. The van der Waals surface area contributed by atoms with E-state index in [1.165, 1.54) is 16.7 Å². The van der Waals surface area contributed by atoms with Crippen LogP contribution in [-0.2, 0) is 23.2 Å². The van der Waals surface area contributed by atoms with Crippen LogP contribution in [0.25, 0.3) is 6.08 Å². The van der Waals surface area contributed by atoms with Gasteiger partial charge in [-0.05, 0) is 77.9 Å². The quantitative estimate of drug-likeness (QED) is 0.385. The summed E-state index contributed by atoms with van der Waals surface area (Å²) in [5, 5.41) is 9.75. The summed E-state index contributed by atoms with van der Waals surface area (Å²) in [6.07, 6.45) is 5.68. The average molecular weight is 476 g/mol. The van der Waals surface area contributed by atoms with Gasteiger partial charge >= 0.3 is 5.97 Å². The SMILES string of the molecule is CCCc1ccc(N2CCc3cc(OC)ccc3C2(C)c2ccc(/C=C/C(=O)O)cc2)cc1Cl. The molecular weight excluding hydrogens is 446 g/mol. The number of nitrogens with zero attached hydrogens (tertiary/aromatic N) is 1. The van der Waals surface area contributed by atoms with E-state index in [0.29, 0.717) is 0 Å². The van der Waals surface area contributed by atoms with Crippen LogP contribution in [0.5, 0.6) is 5.75 Å². The molecule has 1 N–H and O–H groups in total. The van der Waals surface area contributed by atoms with E-state index in [-0.39, 0.29) is 0 Å². The number of carboxylic acid groups (broad SMARTS) is 1. The van der Waals surface area contributed by atoms with Crippen LogP contribution in [0.3, 0.4) is 0 Å². The molecule has 0 aliphatic carbocycles. The number of carboxylic acids is 1. The lowest BCUT2D eigenvalue weighted by atomic mass is 9.76. The Balaban J connectivity index is 1.83. The number of fused-ring (bicyclic) bond motifs is 1. The van der Waals surface area contributed by atoms with Gasteiger partial charge in [-0.25, -0.2) is 4.79 Å². The number of methoxy groups -OCH3 is 1. The van der Waals surface area contributed by atoms with Gasteiger partial charge in [0.2, 0.25) is 0 Å². The highest BCUT2D eigenvalue weighted by Gasteiger charge is 2.40. The zero-order valence-corrected chi connectivity index (χ0v) is 20.6. The monoisotopic (exact) mass is 475 g/mol. The van der Waals surface area contributed by atoms with Crippen molar-refractivity contribution in [2.24, 2.45) is 0 Å². The van der Waals surface area contributed by atoms with Gasteiger partial charge < -0.3 is 14.7 Å². The third kappa shape index (κ3) is 4.55. The Morgan fingerprint density at radius 3 is 2.56 bits per heavy atom. The van der Waals surface area contributed by atoms with Gasteiger partial charge in [-0.15, -0.1) is 0 Å². The second-order valence-electron chi connectivity index (χ2n) is 8.82. The molecule has 0 saturated heterocycles. The van der Waals surface area contributed by atoms with Gasteiger partial charge in [-0.3, -0.25) is 0 Å². The van der Waals surface area contributed by atoms with Crippen LogP contribution in [0.4, 0.5) is 5.69 Å². The zero-order chi connectivity index (χ0) is 24.3. The standard InChI is InChI=1S/C29H30ClNO3/c1-4-5-21-9-12-24(19-27(21)30)31-17-16-22-18-25(34-3)13-14-26(22)29(31,2)23-10-6-20(7-11-23)8-15-28(32)33/h6-15,18-19H,4-5,16-17H2,1-3H3,(H,32,33)/b15-8+. The molecule has 0 aromatic heterocycles. The number of rotatable bonds is 7. The Kier molecular flexibility index (Phi) is 6.99. The van der Waals surface area contributed by atoms with Crippen molar-refractivity contribution < 1.29 is 14.6 Å². The molecule has 0 spiro atoms. The number of aryl methyl sites for hydroxylation is 1. The first-order chi connectivity index (χ1) is 16.4. The smallest absolute Gasteiger partial charge is 0.328 e. The molecule has 1 atom stereocenters. The van der Waals surface area contributed by atoms with Gasteiger partial charge in [-0.2, -0.15) is 0 Å². The summed E-state index contributed by atoms with van der Waals surface area (Å²) in [5.74, 6) is -0.101. The number of ether oxygens (including phenoxy) is 1. The molecule has 1 aliphatic heterocycles. The summed E-state index contributed by atoms with van der Waals surface area (Å²) in [7, 11) is 1.69. The first-order valence-corrected chi connectivity index (χ1v) is 12.0. The highest BCUT2D eigenvalue weighted by molar-refractivity contribution is 6.31. The topological polar surface area (TPSA) is 49.8 Å². The zero-order valence-electron chi connectivity index (χ0n) is 19.8. The number of halogens is 1. The number of anilines is 1. The highest BCUT2D eigenvalue weighted by Crippen LogP contribution is 2.45. The van der Waals surface area contributed by atoms with Gasteiger partial charge in [0.1, 0.15) is 5.75 Å². The summed E-state index contributed by atoms with van der Waals surface area (Å²) in [6.45, 7) is 5.24. The van der Waals surface area contributed by atoms with Gasteiger partial charge in [0.25, 0.3) is 0 Å². The van der Waals surface area contributed by atoms with Crippen LogP contribution in [0.2, 0.25) is 5.02 Å². The molecule has 176 valence electrons. The predicted octanol–water partition coefficient (Wildman–Crippen LogP) is 6.73. The molecule has 1 heterocycles. The first-order valence-electron chi connectivity index (χ1n) is 11.6. The van der Waals surface area contributed by atoms with E-state index in [2.05, 4.69) is 61.2 Å². The average Bonchev–Trinajstić information content (AvgIpc) is 2.84. The maximum atomic E-state index is 10.9. The van der Waals surface area contributed by atoms with E-state index in [9.17, 15) is 4.79 Å². The van der Waals surface area contributed by atoms with Crippen molar-refractivity contribution in [3.05, 3.63) is 99.6 Å². The third-order valence-electron chi connectivity index (χ3n) is 6.74. The Morgan fingerprint density at radius 2 is 1.91 bits per heavy atom. The molecule has 4 rings (SSSR count). The van der Waals surface area contributed by atoms with E-state index in [1.54, 1.807) is 13.2 Å². The number of hydrogen-bond donors (Lipinski definition) is 1. The molecule has 1 unspecified atom stereocenters. The van der Waals surface area contributed by atoms with E-state index < -0.39 is 11.5 Å². The van der Waals surface area contributed by atoms with Crippen molar-refractivity contribution in [3.63, 3.8) is 0 Å². The van der Waals surface area contributed by atoms with Crippen LogP contribution in [0, 0.1) is 0 Å². The molecular formula is C29H30ClNO3. The molecule has 0 fully saturated rings. The second kappa shape index (κ2) is 9.94. The van der Waals surface area contributed by atoms with Crippen LogP contribution in [0.1, 0.15) is 48.1 Å². The maximum Gasteiger partial charge on any atom is 0.328 e. The molecule has 1 aliphatic rings. The minimum absolute atomic E-state index is 0.440. The fourth-order valence-corrected chi connectivity index (χ4v) is 5.21. The fraction of sp³-hybridized carbons (Fsp3) is 0.276. The van der Waals surface area contributed by atoms with E-state index in [1.807, 2.05) is 18.2 Å². The van der Waals surface area contributed by atoms with Crippen molar-refractivity contribution in [2.75, 3.05) is 18.6 Å². The highest BCUT2D eigenvalue weighted by atomic mass is 35.5. The number of aliphatic carboxylic acids is 1. The summed E-state index contributed by atoms with van der Waals surface area (Å²) in [4.78, 5) is 13.3. The molecule has 0 amide bonds. The Bertz CT molecular complexity index is 1220. The molecule has 3 aromatic carbocycles. The van der Waals surface area contributed by atoms with Crippen molar-refractivity contribution >= 4 is 29.3 Å². The predicted molar refractivity (Wildman–Crippen MR) is 139 cm³/mol. The van der Waals surface area contributed by atoms with Gasteiger partial charge in [-0.1, -0.05) is 61.3 Å². The van der Waals surface area contributed by atoms with Crippen molar-refractivity contribution in [1.82, 2.24) is 0 Å².